The normalized spacial score (nSPS) is 8.12. The number of hydrogen-bond acceptors (Lipinski definition) is 3. The number of amides is 2. The molecular formula is C4H8N2O2. The highest BCUT2D eigenvalue weighted by molar-refractivity contribution is 5.87. The average molecular weight is 116 g/mol. The summed E-state index contributed by atoms with van der Waals surface area (Å²) in [5.74, 6) is -0.317. The Kier molecular flexibility index (Phi) is 3.78. The maximum Gasteiger partial charge on any atom is 0.240 e. The van der Waals surface area contributed by atoms with Gasteiger partial charge in [-0.3, -0.25) is 14.9 Å². The van der Waals surface area contributed by atoms with Crippen LogP contribution in [0.2, 0.25) is 0 Å². The first kappa shape index (κ1) is 7.10. The van der Waals surface area contributed by atoms with E-state index in [1.165, 1.54) is 0 Å². The van der Waals surface area contributed by atoms with Crippen LogP contribution >= 0.6 is 0 Å². The van der Waals surface area contributed by atoms with E-state index in [0.29, 0.717) is 6.41 Å². The highest BCUT2D eigenvalue weighted by Gasteiger charge is 1.92. The molecule has 0 heterocycles. The Bertz CT molecular complexity index is 92.0. The quantitative estimate of drug-likeness (QED) is 0.440. The van der Waals surface area contributed by atoms with E-state index in [1.807, 2.05) is 5.32 Å². The molecule has 2 amide bonds. The van der Waals surface area contributed by atoms with Crippen LogP contribution in [0, 0.1) is 0 Å². The number of nitrogens with one attached hydrogen (secondary N) is 2. The van der Waals surface area contributed by atoms with Crippen molar-refractivity contribution in [2.45, 2.75) is 0 Å². The van der Waals surface area contributed by atoms with E-state index in [1.54, 1.807) is 7.05 Å². The Morgan fingerprint density at radius 1 is 1.75 bits per heavy atom. The molecule has 0 rings (SSSR count). The van der Waals surface area contributed by atoms with E-state index < -0.39 is 0 Å². The molecule has 4 nitrogen and oxygen atoms in total. The summed E-state index contributed by atoms with van der Waals surface area (Å²) < 4.78 is 0. The topological polar surface area (TPSA) is 58.2 Å². The molecule has 2 N–H and O–H groups in total. The molecule has 0 aromatic rings. The van der Waals surface area contributed by atoms with Crippen LogP contribution in [0.1, 0.15) is 0 Å². The van der Waals surface area contributed by atoms with Crippen LogP contribution in [-0.2, 0) is 9.59 Å². The smallest absolute Gasteiger partial charge is 0.240 e. The van der Waals surface area contributed by atoms with Crippen molar-refractivity contribution in [3.8, 4) is 0 Å². The summed E-state index contributed by atoms with van der Waals surface area (Å²) in [4.78, 5) is 19.8. The molecule has 46 valence electrons. The highest BCUT2D eigenvalue weighted by Crippen LogP contribution is 1.54. The molecule has 0 unspecified atom stereocenters. The van der Waals surface area contributed by atoms with Gasteiger partial charge in [0.2, 0.25) is 12.3 Å². The Labute approximate surface area is 47.3 Å². The van der Waals surface area contributed by atoms with Crippen LogP contribution < -0.4 is 10.6 Å². The zero-order valence-corrected chi connectivity index (χ0v) is 4.60. The standard InChI is InChI=1S/C4H8N2O2/c1-5-2-4(8)6-3-7/h3,5H,2H2,1H3,(H,6,7,8). The van der Waals surface area contributed by atoms with Gasteiger partial charge < -0.3 is 5.32 Å². The van der Waals surface area contributed by atoms with Crippen molar-refractivity contribution in [3.05, 3.63) is 0 Å². The molecular weight excluding hydrogens is 108 g/mol. The molecule has 0 fully saturated rings. The molecule has 0 spiro atoms. The van der Waals surface area contributed by atoms with Gasteiger partial charge in [-0.05, 0) is 7.05 Å². The van der Waals surface area contributed by atoms with E-state index in [2.05, 4.69) is 5.32 Å². The third-order valence-electron chi connectivity index (χ3n) is 0.557. The van der Waals surface area contributed by atoms with Gasteiger partial charge in [-0.1, -0.05) is 0 Å². The number of likely N-dealkylation sites (N-methyl/N-ethyl adjacent to an activating group) is 1. The SMILES string of the molecule is CNCC(=O)NC=O. The molecule has 0 aliphatic rings. The first-order valence-electron chi connectivity index (χ1n) is 2.19. The molecule has 8 heavy (non-hydrogen) atoms. The number of carbonyl (C=O) groups is 2. The van der Waals surface area contributed by atoms with Crippen molar-refractivity contribution in [1.29, 1.82) is 0 Å². The van der Waals surface area contributed by atoms with E-state index >= 15 is 0 Å². The molecule has 0 atom stereocenters. The van der Waals surface area contributed by atoms with Gasteiger partial charge in [0, 0.05) is 0 Å². The predicted molar refractivity (Wildman–Crippen MR) is 28.1 cm³/mol. The fourth-order valence-electron chi connectivity index (χ4n) is 0.277. The van der Waals surface area contributed by atoms with E-state index in [-0.39, 0.29) is 12.5 Å². The minimum atomic E-state index is -0.317. The summed E-state index contributed by atoms with van der Waals surface area (Å²) in [6, 6.07) is 0. The van der Waals surface area contributed by atoms with Gasteiger partial charge in [-0.15, -0.1) is 0 Å². The number of carbonyl (C=O) groups excluding carboxylic acids is 2. The second-order valence-electron chi connectivity index (χ2n) is 1.22. The minimum absolute atomic E-state index is 0.179. The Hall–Kier alpha value is -0.900. The lowest BCUT2D eigenvalue weighted by molar-refractivity contribution is -0.124. The fourth-order valence-corrected chi connectivity index (χ4v) is 0.277. The lowest BCUT2D eigenvalue weighted by Crippen LogP contribution is -2.30. The van der Waals surface area contributed by atoms with Gasteiger partial charge in [-0.2, -0.15) is 0 Å². The summed E-state index contributed by atoms with van der Waals surface area (Å²) in [6.45, 7) is 0.179. The maximum absolute atomic E-state index is 10.2. The molecule has 0 radical (unpaired) electrons. The molecule has 0 saturated carbocycles. The Morgan fingerprint density at radius 2 is 2.38 bits per heavy atom. The molecule has 0 aromatic carbocycles. The van der Waals surface area contributed by atoms with Gasteiger partial charge in [0.05, 0.1) is 6.54 Å². The highest BCUT2D eigenvalue weighted by atomic mass is 16.2. The van der Waals surface area contributed by atoms with E-state index in [9.17, 15) is 9.59 Å². The summed E-state index contributed by atoms with van der Waals surface area (Å²) in [6.07, 6.45) is 0.361. The fraction of sp³-hybridized carbons (Fsp3) is 0.500. The van der Waals surface area contributed by atoms with E-state index in [4.69, 9.17) is 0 Å². The summed E-state index contributed by atoms with van der Waals surface area (Å²) in [5.41, 5.74) is 0. The first-order valence-corrected chi connectivity index (χ1v) is 2.19. The van der Waals surface area contributed by atoms with Crippen LogP contribution in [0.4, 0.5) is 0 Å². The lowest BCUT2D eigenvalue weighted by Gasteiger charge is -1.92. The Balaban J connectivity index is 3.18. The maximum atomic E-state index is 10.2. The van der Waals surface area contributed by atoms with Crippen LogP contribution in [0.5, 0.6) is 0 Å². The van der Waals surface area contributed by atoms with Gasteiger partial charge in [0.25, 0.3) is 0 Å². The molecule has 0 bridgehead atoms. The zero-order valence-electron chi connectivity index (χ0n) is 4.60. The number of rotatable bonds is 3. The predicted octanol–water partition coefficient (Wildman–Crippen LogP) is -1.52. The van der Waals surface area contributed by atoms with Crippen molar-refractivity contribution in [2.75, 3.05) is 13.6 Å². The van der Waals surface area contributed by atoms with Crippen molar-refractivity contribution in [3.63, 3.8) is 0 Å². The lowest BCUT2D eigenvalue weighted by atomic mass is 10.6. The monoisotopic (exact) mass is 116 g/mol. The van der Waals surface area contributed by atoms with Gasteiger partial charge in [0.1, 0.15) is 0 Å². The second-order valence-corrected chi connectivity index (χ2v) is 1.22. The number of imide groups is 1. The average Bonchev–Trinajstić information content (AvgIpc) is 1.68. The van der Waals surface area contributed by atoms with E-state index in [0.717, 1.165) is 0 Å². The minimum Gasteiger partial charge on any atom is -0.311 e. The van der Waals surface area contributed by atoms with Crippen LogP contribution in [0.15, 0.2) is 0 Å². The van der Waals surface area contributed by atoms with Crippen molar-refractivity contribution in [2.24, 2.45) is 0 Å². The molecule has 0 saturated heterocycles. The summed E-state index contributed by atoms with van der Waals surface area (Å²) >= 11 is 0. The Morgan fingerprint density at radius 3 is 2.75 bits per heavy atom. The third kappa shape index (κ3) is 3.30. The van der Waals surface area contributed by atoms with Gasteiger partial charge >= 0.3 is 0 Å². The molecule has 0 aliphatic carbocycles. The second kappa shape index (κ2) is 4.26. The van der Waals surface area contributed by atoms with Crippen LogP contribution in [0.3, 0.4) is 0 Å². The summed E-state index contributed by atoms with van der Waals surface area (Å²) in [5, 5.41) is 4.55. The van der Waals surface area contributed by atoms with Gasteiger partial charge in [0.15, 0.2) is 0 Å². The summed E-state index contributed by atoms with van der Waals surface area (Å²) in [7, 11) is 1.63. The van der Waals surface area contributed by atoms with Crippen LogP contribution in [0.25, 0.3) is 0 Å². The zero-order chi connectivity index (χ0) is 6.41. The van der Waals surface area contributed by atoms with Crippen LogP contribution in [-0.4, -0.2) is 25.9 Å². The van der Waals surface area contributed by atoms with Gasteiger partial charge in [-0.25, -0.2) is 0 Å². The molecule has 4 heteroatoms. The van der Waals surface area contributed by atoms with Crippen molar-refractivity contribution >= 4 is 12.3 Å². The molecule has 0 aromatic heterocycles. The molecule has 0 aliphatic heterocycles. The third-order valence-corrected chi connectivity index (χ3v) is 0.557. The first-order chi connectivity index (χ1) is 3.81. The van der Waals surface area contributed by atoms with Crippen molar-refractivity contribution < 1.29 is 9.59 Å². The van der Waals surface area contributed by atoms with Crippen molar-refractivity contribution in [1.82, 2.24) is 10.6 Å². The largest absolute Gasteiger partial charge is 0.311 e. The number of hydrogen-bond donors (Lipinski definition) is 2.